The van der Waals surface area contributed by atoms with Crippen LogP contribution in [0.3, 0.4) is 0 Å². The number of ether oxygens (including phenoxy) is 1. The summed E-state index contributed by atoms with van der Waals surface area (Å²) in [6, 6.07) is 18.4. The number of nitrogens with one attached hydrogen (secondary N) is 1. The van der Waals surface area contributed by atoms with Crippen molar-refractivity contribution < 1.29 is 9.53 Å². The zero-order valence-electron chi connectivity index (χ0n) is 21.2. The summed E-state index contributed by atoms with van der Waals surface area (Å²) >= 11 is 1.42. The number of para-hydroxylation sites is 1. The number of nitrogens with zero attached hydrogens (tertiary/aromatic N) is 2. The van der Waals surface area contributed by atoms with Crippen LogP contribution in [0.5, 0.6) is 11.6 Å². The lowest BCUT2D eigenvalue weighted by Crippen LogP contribution is -2.17. The summed E-state index contributed by atoms with van der Waals surface area (Å²) in [4.78, 5) is 22.7. The van der Waals surface area contributed by atoms with Crippen LogP contribution in [0.2, 0.25) is 0 Å². The molecule has 3 aromatic carbocycles. The number of aromatic nitrogens is 2. The Labute approximate surface area is 216 Å². The Kier molecular flexibility index (Phi) is 6.54. The predicted octanol–water partition coefficient (Wildman–Crippen LogP) is 7.11. The maximum Gasteiger partial charge on any atom is 0.234 e. The largest absolute Gasteiger partial charge is 0.438 e. The SMILES string of the molecule is Cc1ccc(-c2nc3c(c(SCC(=O)Nc4c(C)cc(C)cc4C)n2)Cc2cccc(C)c2O3)cc1. The third-order valence-corrected chi connectivity index (χ3v) is 7.40. The number of carbonyl (C=O) groups is 1. The minimum absolute atomic E-state index is 0.0627. The first-order valence-electron chi connectivity index (χ1n) is 12.0. The van der Waals surface area contributed by atoms with Gasteiger partial charge in [-0.25, -0.2) is 4.98 Å². The van der Waals surface area contributed by atoms with Crippen molar-refractivity contribution in [3.05, 3.63) is 93.5 Å². The lowest BCUT2D eigenvalue weighted by Gasteiger charge is -2.23. The van der Waals surface area contributed by atoms with Crippen LogP contribution in [-0.2, 0) is 11.2 Å². The molecule has 4 aromatic rings. The van der Waals surface area contributed by atoms with Crippen molar-refractivity contribution in [2.45, 2.75) is 46.1 Å². The molecule has 5 nitrogen and oxygen atoms in total. The van der Waals surface area contributed by atoms with E-state index < -0.39 is 0 Å². The fraction of sp³-hybridized carbons (Fsp3) is 0.233. The highest BCUT2D eigenvalue weighted by Gasteiger charge is 2.25. The van der Waals surface area contributed by atoms with Gasteiger partial charge in [-0.3, -0.25) is 4.79 Å². The van der Waals surface area contributed by atoms with Gasteiger partial charge in [-0.05, 0) is 56.9 Å². The number of benzene rings is 3. The molecule has 1 amide bonds. The monoisotopic (exact) mass is 495 g/mol. The maximum absolute atomic E-state index is 13.0. The lowest BCUT2D eigenvalue weighted by molar-refractivity contribution is -0.113. The molecule has 0 aliphatic carbocycles. The number of rotatable bonds is 5. The molecule has 1 aromatic heterocycles. The number of thioether (sulfide) groups is 1. The molecule has 182 valence electrons. The van der Waals surface area contributed by atoms with Crippen LogP contribution in [0.25, 0.3) is 11.4 Å². The molecule has 1 N–H and O–H groups in total. The van der Waals surface area contributed by atoms with E-state index in [-0.39, 0.29) is 11.7 Å². The number of amides is 1. The van der Waals surface area contributed by atoms with Gasteiger partial charge in [0.15, 0.2) is 5.82 Å². The second-order valence-corrected chi connectivity index (χ2v) is 10.4. The highest BCUT2D eigenvalue weighted by Crippen LogP contribution is 2.41. The van der Waals surface area contributed by atoms with E-state index in [9.17, 15) is 4.79 Å². The van der Waals surface area contributed by atoms with Crippen LogP contribution in [0, 0.1) is 34.6 Å². The van der Waals surface area contributed by atoms with E-state index in [2.05, 4.69) is 37.4 Å². The van der Waals surface area contributed by atoms with Crippen molar-refractivity contribution in [1.82, 2.24) is 9.97 Å². The maximum atomic E-state index is 13.0. The average Bonchev–Trinajstić information content (AvgIpc) is 2.84. The zero-order chi connectivity index (χ0) is 25.4. The molecule has 0 saturated carbocycles. The van der Waals surface area contributed by atoms with E-state index in [1.807, 2.05) is 57.2 Å². The van der Waals surface area contributed by atoms with Gasteiger partial charge >= 0.3 is 0 Å². The molecule has 5 rings (SSSR count). The quantitative estimate of drug-likeness (QED) is 0.208. The van der Waals surface area contributed by atoms with Crippen molar-refractivity contribution in [1.29, 1.82) is 0 Å². The van der Waals surface area contributed by atoms with E-state index in [4.69, 9.17) is 14.7 Å². The average molecular weight is 496 g/mol. The third-order valence-electron chi connectivity index (χ3n) is 6.38. The first-order chi connectivity index (χ1) is 17.3. The molecule has 0 bridgehead atoms. The zero-order valence-corrected chi connectivity index (χ0v) is 22.0. The van der Waals surface area contributed by atoms with Gasteiger partial charge in [0.05, 0.1) is 11.3 Å². The summed E-state index contributed by atoms with van der Waals surface area (Å²) in [6.45, 7) is 10.2. The van der Waals surface area contributed by atoms with Crippen molar-refractivity contribution in [2.24, 2.45) is 0 Å². The van der Waals surface area contributed by atoms with Crippen molar-refractivity contribution in [3.8, 4) is 23.0 Å². The Hall–Kier alpha value is -3.64. The number of aryl methyl sites for hydroxylation is 5. The van der Waals surface area contributed by atoms with Crippen LogP contribution < -0.4 is 10.1 Å². The molecule has 0 radical (unpaired) electrons. The van der Waals surface area contributed by atoms with Gasteiger partial charge in [-0.15, -0.1) is 0 Å². The fourth-order valence-electron chi connectivity index (χ4n) is 4.60. The van der Waals surface area contributed by atoms with Gasteiger partial charge in [-0.2, -0.15) is 4.98 Å². The number of anilines is 1. The number of hydrogen-bond acceptors (Lipinski definition) is 5. The first kappa shape index (κ1) is 24.1. The Morgan fingerprint density at radius 2 is 1.64 bits per heavy atom. The Balaban J connectivity index is 1.46. The number of hydrogen-bond donors (Lipinski definition) is 1. The van der Waals surface area contributed by atoms with Crippen molar-refractivity contribution in [3.63, 3.8) is 0 Å². The molecule has 1 aliphatic heterocycles. The first-order valence-corrected chi connectivity index (χ1v) is 13.0. The highest BCUT2D eigenvalue weighted by molar-refractivity contribution is 8.00. The molecule has 0 spiro atoms. The molecule has 0 fully saturated rings. The van der Waals surface area contributed by atoms with Gasteiger partial charge in [0.25, 0.3) is 0 Å². The standard InChI is InChI=1S/C30H29N3O2S/c1-17-9-11-22(12-10-17)28-32-29-24(15-23-8-6-7-19(3)27(23)35-29)30(33-28)36-16-25(34)31-26-20(4)13-18(2)14-21(26)5/h6-14H,15-16H2,1-5H3,(H,31,34). The van der Waals surface area contributed by atoms with Gasteiger partial charge in [0.1, 0.15) is 10.8 Å². The van der Waals surface area contributed by atoms with Crippen LogP contribution in [0.15, 0.2) is 59.6 Å². The van der Waals surface area contributed by atoms with Gasteiger partial charge < -0.3 is 10.1 Å². The van der Waals surface area contributed by atoms with Crippen LogP contribution in [0.1, 0.15) is 38.9 Å². The van der Waals surface area contributed by atoms with E-state index in [1.165, 1.54) is 22.9 Å². The van der Waals surface area contributed by atoms with Crippen molar-refractivity contribution in [2.75, 3.05) is 11.1 Å². The number of fused-ring (bicyclic) bond motifs is 2. The van der Waals surface area contributed by atoms with E-state index in [1.54, 1.807) is 0 Å². The molecule has 36 heavy (non-hydrogen) atoms. The highest BCUT2D eigenvalue weighted by atomic mass is 32.2. The van der Waals surface area contributed by atoms with E-state index in [0.717, 1.165) is 49.8 Å². The topological polar surface area (TPSA) is 64.1 Å². The van der Waals surface area contributed by atoms with Crippen LogP contribution in [0.4, 0.5) is 5.69 Å². The Morgan fingerprint density at radius 3 is 2.36 bits per heavy atom. The molecule has 0 saturated heterocycles. The molecule has 1 aliphatic rings. The smallest absolute Gasteiger partial charge is 0.234 e. The third kappa shape index (κ3) is 4.86. The second-order valence-electron chi connectivity index (χ2n) is 9.45. The van der Waals surface area contributed by atoms with Gasteiger partial charge in [0, 0.05) is 17.7 Å². The Morgan fingerprint density at radius 1 is 0.917 bits per heavy atom. The summed E-state index contributed by atoms with van der Waals surface area (Å²) in [6.07, 6.45) is 0.667. The van der Waals surface area contributed by atoms with Gasteiger partial charge in [0.2, 0.25) is 11.8 Å². The van der Waals surface area contributed by atoms with E-state index >= 15 is 0 Å². The van der Waals surface area contributed by atoms with Crippen LogP contribution >= 0.6 is 11.8 Å². The molecule has 0 unspecified atom stereocenters. The summed E-state index contributed by atoms with van der Waals surface area (Å²) in [5.74, 6) is 2.20. The minimum Gasteiger partial charge on any atom is -0.438 e. The van der Waals surface area contributed by atoms with E-state index in [0.29, 0.717) is 18.1 Å². The molecule has 0 atom stereocenters. The normalized spacial score (nSPS) is 11.9. The fourth-order valence-corrected chi connectivity index (χ4v) is 5.43. The van der Waals surface area contributed by atoms with Gasteiger partial charge in [-0.1, -0.05) is 77.5 Å². The summed E-state index contributed by atoms with van der Waals surface area (Å²) in [7, 11) is 0. The van der Waals surface area contributed by atoms with Crippen molar-refractivity contribution >= 4 is 23.4 Å². The molecule has 2 heterocycles. The molecular weight excluding hydrogens is 466 g/mol. The second kappa shape index (κ2) is 9.78. The summed E-state index contributed by atoms with van der Waals surface area (Å²) in [5.41, 5.74) is 9.37. The summed E-state index contributed by atoms with van der Waals surface area (Å²) < 4.78 is 6.31. The molecule has 6 heteroatoms. The molecular formula is C30H29N3O2S. The Bertz CT molecular complexity index is 1460. The minimum atomic E-state index is -0.0627. The number of carbonyl (C=O) groups excluding carboxylic acids is 1. The summed E-state index contributed by atoms with van der Waals surface area (Å²) in [5, 5.41) is 3.87. The predicted molar refractivity (Wildman–Crippen MR) is 146 cm³/mol. The lowest BCUT2D eigenvalue weighted by atomic mass is 10.0. The van der Waals surface area contributed by atoms with Crippen LogP contribution in [-0.4, -0.2) is 21.6 Å².